The van der Waals surface area contributed by atoms with Crippen molar-refractivity contribution in [3.63, 3.8) is 0 Å². The number of amides is 1. The Morgan fingerprint density at radius 1 is 1.36 bits per heavy atom. The van der Waals surface area contributed by atoms with Gasteiger partial charge in [-0.3, -0.25) is 0 Å². The summed E-state index contributed by atoms with van der Waals surface area (Å²) in [5.74, 6) is 0. The molecule has 1 aromatic rings. The minimum atomic E-state index is -0.448. The molecular formula is C10H13NO3. The van der Waals surface area contributed by atoms with Gasteiger partial charge in [-0.1, -0.05) is 24.3 Å². The first-order valence-corrected chi connectivity index (χ1v) is 4.29. The summed E-state index contributed by atoms with van der Waals surface area (Å²) in [4.78, 5) is 10.7. The van der Waals surface area contributed by atoms with E-state index in [1.54, 1.807) is 12.1 Å². The number of nitrogens with one attached hydrogen (secondary N) is 1. The molecule has 1 amide bonds. The molecule has 2 N–H and O–H groups in total. The van der Waals surface area contributed by atoms with Crippen molar-refractivity contribution in [3.05, 3.63) is 35.4 Å². The second-order valence-electron chi connectivity index (χ2n) is 2.80. The summed E-state index contributed by atoms with van der Waals surface area (Å²) >= 11 is 0. The Balaban J connectivity index is 2.47. The number of rotatable bonds is 3. The molecule has 0 heterocycles. The second kappa shape index (κ2) is 5.24. The van der Waals surface area contributed by atoms with Gasteiger partial charge in [-0.05, 0) is 11.1 Å². The van der Waals surface area contributed by atoms with E-state index >= 15 is 0 Å². The second-order valence-corrected chi connectivity index (χ2v) is 2.80. The van der Waals surface area contributed by atoms with Gasteiger partial charge >= 0.3 is 6.09 Å². The van der Waals surface area contributed by atoms with Crippen LogP contribution in [0.1, 0.15) is 11.1 Å². The van der Waals surface area contributed by atoms with Crippen LogP contribution in [0, 0.1) is 0 Å². The van der Waals surface area contributed by atoms with E-state index in [2.05, 4.69) is 5.32 Å². The van der Waals surface area contributed by atoms with Gasteiger partial charge in [0.15, 0.2) is 0 Å². The van der Waals surface area contributed by atoms with Crippen LogP contribution in [-0.2, 0) is 18.0 Å². The van der Waals surface area contributed by atoms with Crippen molar-refractivity contribution in [3.8, 4) is 0 Å². The highest BCUT2D eigenvalue weighted by molar-refractivity contribution is 5.66. The molecule has 0 bridgehead atoms. The van der Waals surface area contributed by atoms with E-state index in [4.69, 9.17) is 9.84 Å². The van der Waals surface area contributed by atoms with Crippen LogP contribution in [0.25, 0.3) is 0 Å². The number of aliphatic hydroxyl groups excluding tert-OH is 1. The lowest BCUT2D eigenvalue weighted by Gasteiger charge is -2.04. The molecule has 1 rings (SSSR count). The molecule has 0 unspecified atom stereocenters. The normalized spacial score (nSPS) is 9.57. The lowest BCUT2D eigenvalue weighted by Crippen LogP contribution is -2.18. The molecule has 0 aliphatic rings. The maximum Gasteiger partial charge on any atom is 0.407 e. The molecule has 0 aliphatic heterocycles. The lowest BCUT2D eigenvalue weighted by atomic mass is 10.1. The Labute approximate surface area is 82.5 Å². The number of aliphatic hydroxyl groups is 1. The third kappa shape index (κ3) is 3.06. The van der Waals surface area contributed by atoms with E-state index in [1.165, 1.54) is 7.05 Å². The van der Waals surface area contributed by atoms with Crippen molar-refractivity contribution in [1.82, 2.24) is 5.32 Å². The summed E-state index contributed by atoms with van der Waals surface area (Å²) in [7, 11) is 1.51. The number of hydrogen-bond acceptors (Lipinski definition) is 3. The van der Waals surface area contributed by atoms with Gasteiger partial charge in [0.1, 0.15) is 6.61 Å². The molecule has 0 aliphatic carbocycles. The summed E-state index contributed by atoms with van der Waals surface area (Å²) in [6.45, 7) is 0.266. The van der Waals surface area contributed by atoms with Crippen molar-refractivity contribution in [1.29, 1.82) is 0 Å². The molecule has 0 atom stereocenters. The van der Waals surface area contributed by atoms with Crippen molar-refractivity contribution < 1.29 is 14.6 Å². The summed E-state index contributed by atoms with van der Waals surface area (Å²) in [6, 6.07) is 7.22. The smallest absolute Gasteiger partial charge is 0.407 e. The van der Waals surface area contributed by atoms with Crippen LogP contribution in [0.15, 0.2) is 24.3 Å². The largest absolute Gasteiger partial charge is 0.445 e. The van der Waals surface area contributed by atoms with Crippen molar-refractivity contribution in [2.45, 2.75) is 13.2 Å². The fourth-order valence-electron chi connectivity index (χ4n) is 0.962. The van der Waals surface area contributed by atoms with Crippen LogP contribution < -0.4 is 5.32 Å². The van der Waals surface area contributed by atoms with Crippen molar-refractivity contribution in [2.24, 2.45) is 0 Å². The van der Waals surface area contributed by atoms with E-state index in [0.717, 1.165) is 11.1 Å². The highest BCUT2D eigenvalue weighted by Gasteiger charge is 1.98. The zero-order valence-electron chi connectivity index (χ0n) is 7.99. The number of hydrogen-bond donors (Lipinski definition) is 2. The average Bonchev–Trinajstić information content (AvgIpc) is 2.26. The molecule has 14 heavy (non-hydrogen) atoms. The minimum absolute atomic E-state index is 0.0244. The zero-order valence-corrected chi connectivity index (χ0v) is 7.99. The van der Waals surface area contributed by atoms with Gasteiger partial charge in [0, 0.05) is 7.05 Å². The predicted octanol–water partition coefficient (Wildman–Crippen LogP) is 1.03. The van der Waals surface area contributed by atoms with Crippen LogP contribution in [0.2, 0.25) is 0 Å². The van der Waals surface area contributed by atoms with Gasteiger partial charge in [-0.15, -0.1) is 0 Å². The van der Waals surface area contributed by atoms with E-state index < -0.39 is 6.09 Å². The van der Waals surface area contributed by atoms with E-state index in [-0.39, 0.29) is 13.2 Å². The lowest BCUT2D eigenvalue weighted by molar-refractivity contribution is 0.142. The SMILES string of the molecule is CNC(=O)OCc1ccc(CO)cc1. The summed E-state index contributed by atoms with van der Waals surface area (Å²) < 4.78 is 4.84. The maximum atomic E-state index is 10.7. The van der Waals surface area contributed by atoms with Crippen LogP contribution in [-0.4, -0.2) is 18.2 Å². The van der Waals surface area contributed by atoms with E-state index in [0.29, 0.717) is 0 Å². The quantitative estimate of drug-likeness (QED) is 0.757. The molecule has 0 spiro atoms. The van der Waals surface area contributed by atoms with Gasteiger partial charge in [-0.25, -0.2) is 4.79 Å². The van der Waals surface area contributed by atoms with Gasteiger partial charge in [0.05, 0.1) is 6.61 Å². The van der Waals surface area contributed by atoms with Crippen LogP contribution in [0.5, 0.6) is 0 Å². The van der Waals surface area contributed by atoms with Crippen molar-refractivity contribution >= 4 is 6.09 Å². The van der Waals surface area contributed by atoms with Gasteiger partial charge < -0.3 is 15.2 Å². The maximum absolute atomic E-state index is 10.7. The van der Waals surface area contributed by atoms with E-state index in [9.17, 15) is 4.79 Å². The van der Waals surface area contributed by atoms with Crippen LogP contribution in [0.4, 0.5) is 4.79 Å². The third-order valence-corrected chi connectivity index (χ3v) is 1.78. The number of benzene rings is 1. The first kappa shape index (κ1) is 10.5. The molecule has 0 saturated carbocycles. The molecule has 0 radical (unpaired) electrons. The van der Waals surface area contributed by atoms with Gasteiger partial charge in [0.2, 0.25) is 0 Å². The topological polar surface area (TPSA) is 58.6 Å². The first-order valence-electron chi connectivity index (χ1n) is 4.29. The minimum Gasteiger partial charge on any atom is -0.445 e. The van der Waals surface area contributed by atoms with Crippen LogP contribution >= 0.6 is 0 Å². The molecule has 0 saturated heterocycles. The molecule has 4 heteroatoms. The highest BCUT2D eigenvalue weighted by Crippen LogP contribution is 2.05. The van der Waals surface area contributed by atoms with Gasteiger partial charge in [-0.2, -0.15) is 0 Å². The van der Waals surface area contributed by atoms with Crippen LogP contribution in [0.3, 0.4) is 0 Å². The predicted molar refractivity (Wildman–Crippen MR) is 51.6 cm³/mol. The number of alkyl carbamates (subject to hydrolysis) is 1. The number of carbonyl (C=O) groups is 1. The molecule has 4 nitrogen and oxygen atoms in total. The molecular weight excluding hydrogens is 182 g/mol. The number of carbonyl (C=O) groups excluding carboxylic acids is 1. The third-order valence-electron chi connectivity index (χ3n) is 1.78. The Hall–Kier alpha value is -1.55. The molecule has 0 aromatic heterocycles. The summed E-state index contributed by atoms with van der Waals surface area (Å²) in [5, 5.41) is 11.1. The Bertz CT molecular complexity index is 295. The van der Waals surface area contributed by atoms with Gasteiger partial charge in [0.25, 0.3) is 0 Å². The average molecular weight is 195 g/mol. The first-order chi connectivity index (χ1) is 6.76. The molecule has 1 aromatic carbocycles. The zero-order chi connectivity index (χ0) is 10.4. The Morgan fingerprint density at radius 3 is 2.43 bits per heavy atom. The Kier molecular flexibility index (Phi) is 3.94. The summed E-state index contributed by atoms with van der Waals surface area (Å²) in [5.41, 5.74) is 1.74. The summed E-state index contributed by atoms with van der Waals surface area (Å²) in [6.07, 6.45) is -0.448. The van der Waals surface area contributed by atoms with E-state index in [1.807, 2.05) is 12.1 Å². The Morgan fingerprint density at radius 2 is 1.93 bits per heavy atom. The molecule has 76 valence electrons. The fourth-order valence-corrected chi connectivity index (χ4v) is 0.962. The standard InChI is InChI=1S/C10H13NO3/c1-11-10(13)14-7-9-4-2-8(6-12)3-5-9/h2-5,12H,6-7H2,1H3,(H,11,13). The van der Waals surface area contributed by atoms with Crippen molar-refractivity contribution in [2.75, 3.05) is 7.05 Å². The number of ether oxygens (including phenoxy) is 1. The monoisotopic (exact) mass is 195 g/mol. The molecule has 0 fully saturated rings. The highest BCUT2D eigenvalue weighted by atomic mass is 16.5. The fraction of sp³-hybridized carbons (Fsp3) is 0.300.